The van der Waals surface area contributed by atoms with Gasteiger partial charge in [-0.25, -0.2) is 12.4 Å². The number of hydrogen-bond donors (Lipinski definition) is 1. The lowest BCUT2D eigenvalue weighted by Gasteiger charge is -2.29. The quantitative estimate of drug-likeness (QED) is 0.140. The zero-order valence-electron chi connectivity index (χ0n) is 21.3. The van der Waals surface area contributed by atoms with E-state index in [-0.39, 0.29) is 16.5 Å². The maximum atomic E-state index is 13.5. The van der Waals surface area contributed by atoms with Crippen molar-refractivity contribution in [2.75, 3.05) is 4.90 Å². The van der Waals surface area contributed by atoms with E-state index in [1.807, 2.05) is 6.07 Å². The molecule has 220 valence electrons. The first kappa shape index (κ1) is 30.3. The number of ether oxygens (including phenoxy) is 1. The topological polar surface area (TPSA) is 97.7 Å². The molecule has 4 aromatic rings. The molecule has 1 aromatic heterocycles. The van der Waals surface area contributed by atoms with Crippen molar-refractivity contribution in [3.63, 3.8) is 0 Å². The van der Waals surface area contributed by atoms with Gasteiger partial charge in [0.25, 0.3) is 21.8 Å². The number of carbonyl (C=O) groups excluding carboxylic acids is 2. The normalized spacial score (nSPS) is 15.1. The summed E-state index contributed by atoms with van der Waals surface area (Å²) in [7, 11) is -4.70. The minimum Gasteiger partial charge on any atom is -0.457 e. The van der Waals surface area contributed by atoms with Gasteiger partial charge in [0.05, 0.1) is 27.0 Å². The molecule has 43 heavy (non-hydrogen) atoms. The fourth-order valence-corrected chi connectivity index (χ4v) is 6.89. The Balaban J connectivity index is 1.48. The summed E-state index contributed by atoms with van der Waals surface area (Å²) in [6.45, 7) is 0. The fourth-order valence-electron chi connectivity index (χ4n) is 4.11. The lowest BCUT2D eigenvalue weighted by atomic mass is 10.1. The number of nitrogens with one attached hydrogen (secondary N) is 1. The van der Waals surface area contributed by atoms with Gasteiger partial charge in [-0.05, 0) is 79.0 Å². The van der Waals surface area contributed by atoms with Crippen molar-refractivity contribution >= 4 is 74.1 Å². The third kappa shape index (κ3) is 6.02. The van der Waals surface area contributed by atoms with Crippen LogP contribution >= 0.6 is 35.4 Å². The largest absolute Gasteiger partial charge is 0.457 e. The molecule has 3 aromatic carbocycles. The highest BCUT2D eigenvalue weighted by Crippen LogP contribution is 2.39. The second kappa shape index (κ2) is 11.5. The van der Waals surface area contributed by atoms with Crippen LogP contribution in [0.4, 0.5) is 18.9 Å². The van der Waals surface area contributed by atoms with Crippen LogP contribution in [0.5, 0.6) is 11.5 Å². The zero-order valence-corrected chi connectivity index (χ0v) is 24.4. The monoisotopic (exact) mass is 665 g/mol. The average Bonchev–Trinajstić information content (AvgIpc) is 3.41. The number of hydrogen-bond acceptors (Lipinski definition) is 6. The van der Waals surface area contributed by atoms with E-state index in [4.69, 9.17) is 40.2 Å². The van der Waals surface area contributed by atoms with Crippen LogP contribution in [0.3, 0.4) is 0 Å². The number of anilines is 1. The standard InChI is InChI=1S/C28H16Cl2F3N3O5S2/c29-22-13-16(28(31,32)33)14-23(30)24(22)43(39,40)35-12-4-5-18(35)15-21-25(37)34-27(42)36(26(21)38)17-8-10-20(11-9-17)41-19-6-2-1-3-7-19/h1-15H,(H,34,37,42). The van der Waals surface area contributed by atoms with Crippen LogP contribution in [0, 0.1) is 0 Å². The highest BCUT2D eigenvalue weighted by Gasteiger charge is 2.37. The molecule has 1 N–H and O–H groups in total. The predicted octanol–water partition coefficient (Wildman–Crippen LogP) is 6.67. The Hall–Kier alpha value is -4.17. The summed E-state index contributed by atoms with van der Waals surface area (Å²) in [5, 5.41) is 0.644. The van der Waals surface area contributed by atoms with Crippen LogP contribution in [-0.2, 0) is 25.8 Å². The maximum absolute atomic E-state index is 13.5. The van der Waals surface area contributed by atoms with E-state index in [9.17, 15) is 31.2 Å². The van der Waals surface area contributed by atoms with Gasteiger partial charge >= 0.3 is 6.18 Å². The average molecular weight is 666 g/mol. The SMILES string of the molecule is O=C1NC(=S)N(c2ccc(Oc3ccccc3)cc2)C(=O)C1=Cc1cccn1S(=O)(=O)c1c(Cl)cc(C(F)(F)F)cc1Cl. The first-order valence-corrected chi connectivity index (χ1v) is 14.6. The summed E-state index contributed by atoms with van der Waals surface area (Å²) in [6, 6.07) is 18.7. The number of rotatable bonds is 6. The summed E-state index contributed by atoms with van der Waals surface area (Å²) in [6.07, 6.45) is -2.76. The second-order valence-electron chi connectivity index (χ2n) is 8.87. The molecule has 5 rings (SSSR count). The third-order valence-corrected chi connectivity index (χ3v) is 8.96. The molecule has 0 radical (unpaired) electrons. The summed E-state index contributed by atoms with van der Waals surface area (Å²) < 4.78 is 72.8. The minimum atomic E-state index is -4.82. The number of carbonyl (C=O) groups is 2. The Labute approximate surface area is 257 Å². The van der Waals surface area contributed by atoms with E-state index in [0.717, 1.165) is 17.2 Å². The van der Waals surface area contributed by atoms with E-state index in [0.29, 0.717) is 27.6 Å². The Morgan fingerprint density at radius 1 is 0.884 bits per heavy atom. The van der Waals surface area contributed by atoms with Crippen LogP contribution in [0.2, 0.25) is 10.0 Å². The molecule has 1 aliphatic heterocycles. The van der Waals surface area contributed by atoms with E-state index >= 15 is 0 Å². The first-order valence-electron chi connectivity index (χ1n) is 12.0. The lowest BCUT2D eigenvalue weighted by Crippen LogP contribution is -2.54. The smallest absolute Gasteiger partial charge is 0.416 e. The molecule has 0 spiro atoms. The van der Waals surface area contributed by atoms with Gasteiger partial charge in [-0.1, -0.05) is 41.4 Å². The van der Waals surface area contributed by atoms with Gasteiger partial charge in [0, 0.05) is 6.20 Å². The molecule has 8 nitrogen and oxygen atoms in total. The summed E-state index contributed by atoms with van der Waals surface area (Å²) in [5.41, 5.74) is -1.62. The summed E-state index contributed by atoms with van der Waals surface area (Å²) >= 11 is 17.1. The van der Waals surface area contributed by atoms with Crippen molar-refractivity contribution in [1.29, 1.82) is 0 Å². The Kier molecular flexibility index (Phi) is 8.09. The van der Waals surface area contributed by atoms with E-state index in [2.05, 4.69) is 5.32 Å². The Morgan fingerprint density at radius 2 is 1.49 bits per heavy atom. The van der Waals surface area contributed by atoms with Crippen molar-refractivity contribution in [2.45, 2.75) is 11.1 Å². The van der Waals surface area contributed by atoms with Crippen LogP contribution < -0.4 is 15.0 Å². The Morgan fingerprint density at radius 3 is 2.09 bits per heavy atom. The van der Waals surface area contributed by atoms with Crippen molar-refractivity contribution in [1.82, 2.24) is 9.29 Å². The summed E-state index contributed by atoms with van der Waals surface area (Å²) in [5.74, 6) is -0.699. The number of alkyl halides is 3. The molecule has 15 heteroatoms. The van der Waals surface area contributed by atoms with Crippen molar-refractivity contribution in [3.8, 4) is 11.5 Å². The van der Waals surface area contributed by atoms with Gasteiger partial charge in [-0.15, -0.1) is 0 Å². The van der Waals surface area contributed by atoms with Gasteiger partial charge in [-0.2, -0.15) is 13.2 Å². The van der Waals surface area contributed by atoms with Crippen LogP contribution in [0.15, 0.2) is 95.5 Å². The van der Waals surface area contributed by atoms with E-state index < -0.39 is 54.1 Å². The highest BCUT2D eigenvalue weighted by molar-refractivity contribution is 7.90. The van der Waals surface area contributed by atoms with Gasteiger partial charge in [0.1, 0.15) is 22.0 Å². The van der Waals surface area contributed by atoms with Gasteiger partial charge in [0.15, 0.2) is 5.11 Å². The first-order chi connectivity index (χ1) is 20.3. The van der Waals surface area contributed by atoms with Gasteiger partial charge in [0.2, 0.25) is 0 Å². The third-order valence-electron chi connectivity index (χ3n) is 6.05. The maximum Gasteiger partial charge on any atom is 0.416 e. The number of aromatic nitrogens is 1. The minimum absolute atomic E-state index is 0.190. The number of halogens is 5. The van der Waals surface area contributed by atoms with Crippen LogP contribution in [0.1, 0.15) is 11.3 Å². The second-order valence-corrected chi connectivity index (χ2v) is 11.8. The van der Waals surface area contributed by atoms with E-state index in [1.54, 1.807) is 48.5 Å². The molecular weight excluding hydrogens is 650 g/mol. The molecular formula is C28H16Cl2F3N3O5S2. The number of nitrogens with zero attached hydrogens (tertiary/aromatic N) is 2. The van der Waals surface area contributed by atoms with Crippen molar-refractivity contribution < 1.29 is 35.9 Å². The predicted molar refractivity (Wildman–Crippen MR) is 158 cm³/mol. The molecule has 1 aliphatic rings. The molecule has 2 amide bonds. The summed E-state index contributed by atoms with van der Waals surface area (Å²) in [4.78, 5) is 26.5. The van der Waals surface area contributed by atoms with Crippen LogP contribution in [-0.4, -0.2) is 29.3 Å². The Bertz CT molecular complexity index is 1890. The highest BCUT2D eigenvalue weighted by atomic mass is 35.5. The number of benzene rings is 3. The van der Waals surface area contributed by atoms with Crippen molar-refractivity contribution in [3.05, 3.63) is 112 Å². The zero-order chi connectivity index (χ0) is 31.1. The van der Waals surface area contributed by atoms with Crippen molar-refractivity contribution in [2.24, 2.45) is 0 Å². The fraction of sp³-hybridized carbons (Fsp3) is 0.0357. The lowest BCUT2D eigenvalue weighted by molar-refractivity contribution is -0.137. The molecule has 0 atom stereocenters. The van der Waals surface area contributed by atoms with Gasteiger partial charge < -0.3 is 4.74 Å². The molecule has 0 saturated carbocycles. The number of amides is 2. The molecule has 0 bridgehead atoms. The van der Waals surface area contributed by atoms with E-state index in [1.165, 1.54) is 12.1 Å². The van der Waals surface area contributed by atoms with Crippen LogP contribution in [0.25, 0.3) is 6.08 Å². The molecule has 0 aliphatic carbocycles. The molecule has 1 saturated heterocycles. The molecule has 2 heterocycles. The number of thiocarbonyl (C=S) groups is 1. The molecule has 1 fully saturated rings. The van der Waals surface area contributed by atoms with Gasteiger partial charge in [-0.3, -0.25) is 19.8 Å². The molecule has 0 unspecified atom stereocenters. The number of para-hydroxylation sites is 1.